The molecule has 0 saturated carbocycles. The van der Waals surface area contributed by atoms with Crippen molar-refractivity contribution in [1.29, 1.82) is 0 Å². The third kappa shape index (κ3) is 4.11. The van der Waals surface area contributed by atoms with Gasteiger partial charge in [-0.1, -0.05) is 6.07 Å². The zero-order valence-electron chi connectivity index (χ0n) is 14.7. The molecule has 0 spiro atoms. The van der Waals surface area contributed by atoms with Gasteiger partial charge in [-0.3, -0.25) is 4.79 Å². The van der Waals surface area contributed by atoms with Gasteiger partial charge in [0, 0.05) is 30.9 Å². The van der Waals surface area contributed by atoms with Crippen LogP contribution in [0.3, 0.4) is 0 Å². The van der Waals surface area contributed by atoms with Crippen molar-refractivity contribution >= 4 is 23.3 Å². The van der Waals surface area contributed by atoms with Crippen molar-refractivity contribution in [3.05, 3.63) is 23.8 Å². The molecule has 0 aromatic heterocycles. The number of hydrogen-bond acceptors (Lipinski definition) is 4. The molecule has 0 radical (unpaired) electrons. The number of aryl methyl sites for hydroxylation is 1. The van der Waals surface area contributed by atoms with E-state index in [2.05, 4.69) is 10.6 Å². The maximum absolute atomic E-state index is 12.3. The largest absolute Gasteiger partial charge is 0.376 e. The van der Waals surface area contributed by atoms with Gasteiger partial charge in [-0.05, 0) is 38.0 Å². The summed E-state index contributed by atoms with van der Waals surface area (Å²) in [5.41, 5.74) is 2.53. The number of hydrogen-bond donors (Lipinski definition) is 2. The van der Waals surface area contributed by atoms with E-state index in [-0.39, 0.29) is 24.1 Å². The van der Waals surface area contributed by atoms with Crippen LogP contribution in [0, 0.1) is 6.92 Å². The first-order valence-electron chi connectivity index (χ1n) is 8.76. The molecule has 1 aromatic carbocycles. The van der Waals surface area contributed by atoms with E-state index < -0.39 is 0 Å². The third-order valence-electron chi connectivity index (χ3n) is 4.56. The van der Waals surface area contributed by atoms with Crippen molar-refractivity contribution < 1.29 is 19.1 Å². The van der Waals surface area contributed by atoms with Gasteiger partial charge >= 0.3 is 6.03 Å². The molecular weight excluding hydrogens is 322 g/mol. The number of urea groups is 1. The standard InChI is InChI=1S/C18H25N3O4/c1-3-25-16-11-24-10-14(16)20-18(23)19-13-7-6-12(2)15(9-13)21-8-4-5-17(21)22/h6-7,9,14,16H,3-5,8,10-11H2,1-2H3,(H2,19,20,23)/t14-,16-/m0/s1. The Morgan fingerprint density at radius 3 is 2.96 bits per heavy atom. The second-order valence-electron chi connectivity index (χ2n) is 6.39. The molecule has 7 nitrogen and oxygen atoms in total. The number of ether oxygens (including phenoxy) is 2. The van der Waals surface area contributed by atoms with Crippen LogP contribution in [-0.2, 0) is 14.3 Å². The van der Waals surface area contributed by atoms with Gasteiger partial charge in [0.25, 0.3) is 0 Å². The van der Waals surface area contributed by atoms with Crippen LogP contribution in [-0.4, -0.2) is 50.4 Å². The number of amides is 3. The van der Waals surface area contributed by atoms with Crippen molar-refractivity contribution in [1.82, 2.24) is 5.32 Å². The summed E-state index contributed by atoms with van der Waals surface area (Å²) in [5.74, 6) is 0.132. The van der Waals surface area contributed by atoms with Gasteiger partial charge in [0.2, 0.25) is 5.91 Å². The Morgan fingerprint density at radius 1 is 1.40 bits per heavy atom. The average Bonchev–Trinajstić information content (AvgIpc) is 3.19. The first kappa shape index (κ1) is 17.7. The van der Waals surface area contributed by atoms with E-state index in [9.17, 15) is 9.59 Å². The van der Waals surface area contributed by atoms with Crippen LogP contribution in [0.5, 0.6) is 0 Å². The first-order valence-corrected chi connectivity index (χ1v) is 8.76. The maximum atomic E-state index is 12.3. The second-order valence-corrected chi connectivity index (χ2v) is 6.39. The molecule has 136 valence electrons. The van der Waals surface area contributed by atoms with E-state index in [0.29, 0.717) is 31.9 Å². The highest BCUT2D eigenvalue weighted by Crippen LogP contribution is 2.28. The zero-order chi connectivity index (χ0) is 17.8. The summed E-state index contributed by atoms with van der Waals surface area (Å²) in [5, 5.41) is 5.73. The molecule has 7 heteroatoms. The molecule has 1 aromatic rings. The smallest absolute Gasteiger partial charge is 0.319 e. The highest BCUT2D eigenvalue weighted by atomic mass is 16.5. The monoisotopic (exact) mass is 347 g/mol. The predicted molar refractivity (Wildman–Crippen MR) is 94.9 cm³/mol. The summed E-state index contributed by atoms with van der Waals surface area (Å²) < 4.78 is 10.9. The van der Waals surface area contributed by atoms with Crippen LogP contribution in [0.4, 0.5) is 16.2 Å². The lowest BCUT2D eigenvalue weighted by molar-refractivity contribution is -0.117. The fourth-order valence-electron chi connectivity index (χ4n) is 3.26. The minimum Gasteiger partial charge on any atom is -0.376 e. The van der Waals surface area contributed by atoms with Crippen LogP contribution in [0.25, 0.3) is 0 Å². The number of nitrogens with one attached hydrogen (secondary N) is 2. The van der Waals surface area contributed by atoms with Gasteiger partial charge in [-0.25, -0.2) is 4.79 Å². The molecule has 2 saturated heterocycles. The Kier molecular flexibility index (Phi) is 5.55. The SMILES string of the molecule is CCO[C@H]1COC[C@@H]1NC(=O)Nc1ccc(C)c(N2CCCC2=O)c1. The summed E-state index contributed by atoms with van der Waals surface area (Å²) in [6.45, 7) is 6.13. The van der Waals surface area contributed by atoms with Crippen LogP contribution in [0.1, 0.15) is 25.3 Å². The third-order valence-corrected chi connectivity index (χ3v) is 4.56. The van der Waals surface area contributed by atoms with Crippen molar-refractivity contribution in [2.75, 3.05) is 36.6 Å². The van der Waals surface area contributed by atoms with E-state index in [1.165, 1.54) is 0 Å². The summed E-state index contributed by atoms with van der Waals surface area (Å²) in [6.07, 6.45) is 1.33. The van der Waals surface area contributed by atoms with Crippen LogP contribution in [0.2, 0.25) is 0 Å². The number of rotatable bonds is 5. The number of carbonyl (C=O) groups excluding carboxylic acids is 2. The molecule has 2 heterocycles. The van der Waals surface area contributed by atoms with E-state index >= 15 is 0 Å². The van der Waals surface area contributed by atoms with Gasteiger partial charge in [0.15, 0.2) is 0 Å². The Morgan fingerprint density at radius 2 is 2.24 bits per heavy atom. The van der Waals surface area contributed by atoms with E-state index in [1.54, 1.807) is 4.90 Å². The van der Waals surface area contributed by atoms with Crippen molar-refractivity contribution in [2.24, 2.45) is 0 Å². The minimum absolute atomic E-state index is 0.119. The molecule has 2 aliphatic heterocycles. The van der Waals surface area contributed by atoms with E-state index in [0.717, 1.165) is 24.2 Å². The number of anilines is 2. The molecule has 25 heavy (non-hydrogen) atoms. The predicted octanol–water partition coefficient (Wildman–Crippen LogP) is 2.05. The van der Waals surface area contributed by atoms with Gasteiger partial charge in [0.1, 0.15) is 6.10 Å². The van der Waals surface area contributed by atoms with Crippen LogP contribution >= 0.6 is 0 Å². The Hall–Kier alpha value is -2.12. The van der Waals surface area contributed by atoms with Crippen molar-refractivity contribution in [3.8, 4) is 0 Å². The van der Waals surface area contributed by atoms with E-state index in [4.69, 9.17) is 9.47 Å². The molecule has 3 amide bonds. The molecule has 0 aliphatic carbocycles. The highest BCUT2D eigenvalue weighted by Gasteiger charge is 2.30. The normalized spacial score (nSPS) is 23.1. The lowest BCUT2D eigenvalue weighted by Crippen LogP contribution is -2.45. The number of carbonyl (C=O) groups is 2. The molecule has 0 unspecified atom stereocenters. The minimum atomic E-state index is -0.303. The van der Waals surface area contributed by atoms with Crippen molar-refractivity contribution in [3.63, 3.8) is 0 Å². The molecule has 3 rings (SSSR count). The number of nitrogens with zero attached hydrogens (tertiary/aromatic N) is 1. The molecule has 2 N–H and O–H groups in total. The van der Waals surface area contributed by atoms with Gasteiger partial charge in [0.05, 0.1) is 19.3 Å². The molecular formula is C18H25N3O4. The Bertz CT molecular complexity index is 649. The topological polar surface area (TPSA) is 79.9 Å². The summed E-state index contributed by atoms with van der Waals surface area (Å²) >= 11 is 0. The van der Waals surface area contributed by atoms with Crippen LogP contribution in [0.15, 0.2) is 18.2 Å². The molecule has 2 fully saturated rings. The van der Waals surface area contributed by atoms with Gasteiger partial charge in [-0.2, -0.15) is 0 Å². The fourth-order valence-corrected chi connectivity index (χ4v) is 3.26. The lowest BCUT2D eigenvalue weighted by atomic mass is 10.1. The summed E-state index contributed by atoms with van der Waals surface area (Å²) in [4.78, 5) is 26.1. The lowest BCUT2D eigenvalue weighted by Gasteiger charge is -2.21. The average molecular weight is 347 g/mol. The molecule has 2 atom stereocenters. The fraction of sp³-hybridized carbons (Fsp3) is 0.556. The molecule has 2 aliphatic rings. The first-order chi connectivity index (χ1) is 12.1. The maximum Gasteiger partial charge on any atom is 0.319 e. The van der Waals surface area contributed by atoms with Gasteiger partial charge < -0.3 is 25.0 Å². The summed E-state index contributed by atoms with van der Waals surface area (Å²) in [6, 6.07) is 5.14. The molecule has 0 bridgehead atoms. The highest BCUT2D eigenvalue weighted by molar-refractivity contribution is 5.97. The van der Waals surface area contributed by atoms with Crippen LogP contribution < -0.4 is 15.5 Å². The Balaban J connectivity index is 1.64. The summed E-state index contributed by atoms with van der Waals surface area (Å²) in [7, 11) is 0. The number of benzene rings is 1. The van der Waals surface area contributed by atoms with Gasteiger partial charge in [-0.15, -0.1) is 0 Å². The quantitative estimate of drug-likeness (QED) is 0.854. The van der Waals surface area contributed by atoms with E-state index in [1.807, 2.05) is 32.0 Å². The Labute approximate surface area is 147 Å². The zero-order valence-corrected chi connectivity index (χ0v) is 14.7. The second kappa shape index (κ2) is 7.84. The van der Waals surface area contributed by atoms with Crippen molar-refractivity contribution in [2.45, 2.75) is 38.8 Å².